The molecule has 2 aromatic rings. The number of piperidine rings is 1. The molecule has 2 unspecified atom stereocenters. The maximum absolute atomic E-state index is 6.03. The van der Waals surface area contributed by atoms with E-state index in [1.165, 1.54) is 19.3 Å². The molecule has 0 amide bonds. The summed E-state index contributed by atoms with van der Waals surface area (Å²) >= 11 is 0. The summed E-state index contributed by atoms with van der Waals surface area (Å²) in [7, 11) is 0. The highest BCUT2D eigenvalue weighted by Gasteiger charge is 2.25. The molecular formula is C16H22N4. The van der Waals surface area contributed by atoms with Crippen molar-refractivity contribution in [1.82, 2.24) is 9.99 Å². The molecule has 1 aliphatic rings. The highest BCUT2D eigenvalue weighted by molar-refractivity contribution is 6.00. The summed E-state index contributed by atoms with van der Waals surface area (Å²) in [4.78, 5) is 4.17. The van der Waals surface area contributed by atoms with Crippen LogP contribution in [0.5, 0.6) is 0 Å². The molecule has 3 N–H and O–H groups in total. The lowest BCUT2D eigenvalue weighted by molar-refractivity contribution is 0.136. The summed E-state index contributed by atoms with van der Waals surface area (Å²) in [6.45, 7) is 4.56. The minimum absolute atomic E-state index is 0.549. The van der Waals surface area contributed by atoms with Gasteiger partial charge >= 0.3 is 0 Å². The number of rotatable bonds is 2. The van der Waals surface area contributed by atoms with Crippen LogP contribution in [0.15, 0.2) is 30.6 Å². The van der Waals surface area contributed by atoms with Crippen molar-refractivity contribution in [1.29, 1.82) is 0 Å². The summed E-state index contributed by atoms with van der Waals surface area (Å²) in [6, 6.07) is 7.13. The summed E-state index contributed by atoms with van der Waals surface area (Å²) < 4.78 is 0. The van der Waals surface area contributed by atoms with Crippen LogP contribution in [0.25, 0.3) is 10.8 Å². The molecule has 20 heavy (non-hydrogen) atoms. The van der Waals surface area contributed by atoms with Crippen LogP contribution in [-0.2, 0) is 0 Å². The van der Waals surface area contributed by atoms with Gasteiger partial charge in [0.15, 0.2) is 0 Å². The third-order valence-corrected chi connectivity index (χ3v) is 4.29. The van der Waals surface area contributed by atoms with Crippen LogP contribution >= 0.6 is 0 Å². The first-order chi connectivity index (χ1) is 9.66. The van der Waals surface area contributed by atoms with Crippen molar-refractivity contribution in [2.75, 3.05) is 11.2 Å². The zero-order valence-corrected chi connectivity index (χ0v) is 12.1. The van der Waals surface area contributed by atoms with E-state index in [2.05, 4.69) is 35.3 Å². The Bertz CT molecular complexity index is 600. The lowest BCUT2D eigenvalue weighted by Crippen LogP contribution is -2.47. The van der Waals surface area contributed by atoms with Crippen LogP contribution in [-0.4, -0.2) is 22.1 Å². The quantitative estimate of drug-likeness (QED) is 0.821. The Morgan fingerprint density at radius 3 is 2.65 bits per heavy atom. The normalized spacial score (nSPS) is 23.9. The van der Waals surface area contributed by atoms with Crippen LogP contribution in [0.3, 0.4) is 0 Å². The standard InChI is InChI=1S/C16H22N4/c1-11-4-3-5-12(2)20(11)19-16-7-6-15(17)14-10-18-9-8-13(14)16/h6-12,19H,3-5,17H2,1-2H3. The first-order valence-electron chi connectivity index (χ1n) is 7.34. The van der Waals surface area contributed by atoms with Crippen molar-refractivity contribution < 1.29 is 0 Å². The second kappa shape index (κ2) is 5.29. The fourth-order valence-electron chi connectivity index (χ4n) is 3.09. The topological polar surface area (TPSA) is 54.2 Å². The van der Waals surface area contributed by atoms with Gasteiger partial charge in [0.05, 0.1) is 5.69 Å². The molecule has 2 heterocycles. The first kappa shape index (κ1) is 13.2. The number of benzene rings is 1. The predicted octanol–water partition coefficient (Wildman–Crippen LogP) is 3.41. The van der Waals surface area contributed by atoms with E-state index in [1.807, 2.05) is 24.5 Å². The molecule has 0 radical (unpaired) electrons. The van der Waals surface area contributed by atoms with Crippen molar-refractivity contribution in [3.05, 3.63) is 30.6 Å². The molecule has 1 aromatic carbocycles. The smallest absolute Gasteiger partial charge is 0.0571 e. The molecule has 0 spiro atoms. The third kappa shape index (κ3) is 2.31. The molecule has 1 fully saturated rings. The largest absolute Gasteiger partial charge is 0.398 e. The van der Waals surface area contributed by atoms with Crippen LogP contribution in [0, 0.1) is 0 Å². The zero-order valence-electron chi connectivity index (χ0n) is 12.1. The van der Waals surface area contributed by atoms with Crippen molar-refractivity contribution in [2.24, 2.45) is 0 Å². The molecule has 1 aromatic heterocycles. The number of nitrogens with zero attached hydrogens (tertiary/aromatic N) is 2. The lowest BCUT2D eigenvalue weighted by Gasteiger charge is -2.39. The fourth-order valence-corrected chi connectivity index (χ4v) is 3.09. The average molecular weight is 270 g/mol. The van der Waals surface area contributed by atoms with E-state index in [4.69, 9.17) is 5.73 Å². The van der Waals surface area contributed by atoms with E-state index in [-0.39, 0.29) is 0 Å². The summed E-state index contributed by atoms with van der Waals surface area (Å²) in [5.74, 6) is 0. The van der Waals surface area contributed by atoms with E-state index in [9.17, 15) is 0 Å². The second-order valence-corrected chi connectivity index (χ2v) is 5.77. The van der Waals surface area contributed by atoms with Crippen LogP contribution in [0.1, 0.15) is 33.1 Å². The van der Waals surface area contributed by atoms with Gasteiger partial charge in [0.25, 0.3) is 0 Å². The summed E-state index contributed by atoms with van der Waals surface area (Å²) in [6.07, 6.45) is 7.44. The minimum atomic E-state index is 0.549. The van der Waals surface area contributed by atoms with Gasteiger partial charge in [-0.25, -0.2) is 5.01 Å². The molecule has 106 valence electrons. The molecule has 3 rings (SSSR count). The van der Waals surface area contributed by atoms with Crippen LogP contribution < -0.4 is 11.2 Å². The first-order valence-corrected chi connectivity index (χ1v) is 7.34. The number of hydrogen-bond donors (Lipinski definition) is 2. The monoisotopic (exact) mass is 270 g/mol. The van der Waals surface area contributed by atoms with E-state index in [1.54, 1.807) is 0 Å². The molecule has 2 atom stereocenters. The van der Waals surface area contributed by atoms with Gasteiger partial charge in [0, 0.05) is 40.9 Å². The van der Waals surface area contributed by atoms with E-state index < -0.39 is 0 Å². The third-order valence-electron chi connectivity index (χ3n) is 4.29. The van der Waals surface area contributed by atoms with Gasteiger partial charge in [-0.15, -0.1) is 0 Å². The molecule has 4 nitrogen and oxygen atoms in total. The summed E-state index contributed by atoms with van der Waals surface area (Å²) in [5.41, 5.74) is 11.5. The molecule has 0 bridgehead atoms. The lowest BCUT2D eigenvalue weighted by atomic mass is 9.99. The number of hydrogen-bond acceptors (Lipinski definition) is 4. The minimum Gasteiger partial charge on any atom is -0.398 e. The number of nitrogens with one attached hydrogen (secondary N) is 1. The van der Waals surface area contributed by atoms with Gasteiger partial charge < -0.3 is 11.2 Å². The maximum Gasteiger partial charge on any atom is 0.0571 e. The molecule has 0 aliphatic carbocycles. The molecular weight excluding hydrogens is 248 g/mol. The van der Waals surface area contributed by atoms with Gasteiger partial charge in [0.1, 0.15) is 0 Å². The second-order valence-electron chi connectivity index (χ2n) is 5.77. The predicted molar refractivity (Wildman–Crippen MR) is 84.4 cm³/mol. The van der Waals surface area contributed by atoms with Crippen molar-refractivity contribution in [2.45, 2.75) is 45.2 Å². The molecule has 1 saturated heterocycles. The van der Waals surface area contributed by atoms with Crippen LogP contribution in [0.4, 0.5) is 11.4 Å². The van der Waals surface area contributed by atoms with Crippen molar-refractivity contribution in [3.8, 4) is 0 Å². The number of hydrazine groups is 1. The van der Waals surface area contributed by atoms with Gasteiger partial charge in [-0.2, -0.15) is 0 Å². The highest BCUT2D eigenvalue weighted by atomic mass is 15.5. The van der Waals surface area contributed by atoms with Gasteiger partial charge in [-0.3, -0.25) is 4.98 Å². The van der Waals surface area contributed by atoms with E-state index in [0.29, 0.717) is 12.1 Å². The maximum atomic E-state index is 6.03. The molecule has 0 saturated carbocycles. The van der Waals surface area contributed by atoms with Crippen molar-refractivity contribution in [3.63, 3.8) is 0 Å². The SMILES string of the molecule is CC1CCCC(C)N1Nc1ccc(N)c2cnccc12. The van der Waals surface area contributed by atoms with Gasteiger partial charge in [-0.05, 0) is 44.9 Å². The number of fused-ring (bicyclic) bond motifs is 1. The van der Waals surface area contributed by atoms with Gasteiger partial charge in [-0.1, -0.05) is 6.42 Å². The van der Waals surface area contributed by atoms with Gasteiger partial charge in [0.2, 0.25) is 0 Å². The average Bonchev–Trinajstić information content (AvgIpc) is 2.46. The van der Waals surface area contributed by atoms with Crippen LogP contribution in [0.2, 0.25) is 0 Å². The Hall–Kier alpha value is -1.81. The number of nitrogen functional groups attached to an aromatic ring is 1. The zero-order chi connectivity index (χ0) is 14.1. The Balaban J connectivity index is 1.96. The van der Waals surface area contributed by atoms with Crippen molar-refractivity contribution >= 4 is 22.1 Å². The molecule has 4 heteroatoms. The summed E-state index contributed by atoms with van der Waals surface area (Å²) in [5, 5.41) is 4.51. The highest BCUT2D eigenvalue weighted by Crippen LogP contribution is 2.30. The Morgan fingerprint density at radius 1 is 1.15 bits per heavy atom. The van der Waals surface area contributed by atoms with E-state index >= 15 is 0 Å². The molecule has 1 aliphatic heterocycles. The Morgan fingerprint density at radius 2 is 1.90 bits per heavy atom. The van der Waals surface area contributed by atoms with E-state index in [0.717, 1.165) is 22.1 Å². The number of aromatic nitrogens is 1. The fraction of sp³-hybridized carbons (Fsp3) is 0.438. The Labute approximate surface area is 120 Å². The number of anilines is 2. The Kier molecular flexibility index (Phi) is 3.49. The number of pyridine rings is 1. The number of nitrogens with two attached hydrogens (primary N) is 1.